The lowest BCUT2D eigenvalue weighted by atomic mass is 10.2. The number of hydrogen-bond donors (Lipinski definition) is 1. The van der Waals surface area contributed by atoms with Crippen LogP contribution in [0, 0.1) is 0 Å². The Morgan fingerprint density at radius 2 is 2.04 bits per heavy atom. The number of ether oxygens (including phenoxy) is 1. The monoisotopic (exact) mass is 339 g/mol. The third-order valence-corrected chi connectivity index (χ3v) is 4.45. The lowest BCUT2D eigenvalue weighted by Crippen LogP contribution is -2.44. The molecule has 0 bridgehead atoms. The van der Waals surface area contributed by atoms with E-state index in [4.69, 9.17) is 20.4 Å². The first-order valence-electron chi connectivity index (χ1n) is 8.49. The highest BCUT2D eigenvalue weighted by molar-refractivity contribution is 5.85. The summed E-state index contributed by atoms with van der Waals surface area (Å²) < 4.78 is 7.36. The van der Waals surface area contributed by atoms with Crippen molar-refractivity contribution in [3.8, 4) is 11.4 Å². The van der Waals surface area contributed by atoms with Crippen molar-refractivity contribution in [2.75, 3.05) is 30.4 Å². The summed E-state index contributed by atoms with van der Waals surface area (Å²) in [5.74, 6) is 1.46. The average molecular weight is 339 g/mol. The largest absolute Gasteiger partial charge is 0.399 e. The highest BCUT2D eigenvalue weighted by Gasteiger charge is 2.25. The maximum absolute atomic E-state index is 5.80. The summed E-state index contributed by atoms with van der Waals surface area (Å²) in [4.78, 5) is 11.8. The van der Waals surface area contributed by atoms with Gasteiger partial charge in [-0.2, -0.15) is 0 Å². The SMILES string of the molecule is CCn1nnc2c(N3CCOCC3C)nc(-c3ccc(N)cc3)nc21. The molecule has 130 valence electrons. The molecule has 3 heterocycles. The van der Waals surface area contributed by atoms with Gasteiger partial charge in [-0.15, -0.1) is 5.10 Å². The van der Waals surface area contributed by atoms with E-state index in [0.29, 0.717) is 31.3 Å². The van der Waals surface area contributed by atoms with Gasteiger partial charge in [0.25, 0.3) is 0 Å². The summed E-state index contributed by atoms with van der Waals surface area (Å²) in [6.45, 7) is 6.97. The second-order valence-corrected chi connectivity index (χ2v) is 6.19. The van der Waals surface area contributed by atoms with Crippen molar-refractivity contribution < 1.29 is 4.74 Å². The first-order chi connectivity index (χ1) is 12.2. The predicted molar refractivity (Wildman–Crippen MR) is 96.3 cm³/mol. The van der Waals surface area contributed by atoms with Crippen molar-refractivity contribution in [3.05, 3.63) is 24.3 Å². The van der Waals surface area contributed by atoms with Gasteiger partial charge in [-0.25, -0.2) is 14.6 Å². The van der Waals surface area contributed by atoms with Crippen molar-refractivity contribution in [2.24, 2.45) is 0 Å². The molecule has 3 aromatic rings. The van der Waals surface area contributed by atoms with Crippen LogP contribution in [-0.4, -0.2) is 50.8 Å². The molecule has 1 unspecified atom stereocenters. The zero-order chi connectivity index (χ0) is 17.4. The van der Waals surface area contributed by atoms with Crippen LogP contribution in [0.5, 0.6) is 0 Å². The van der Waals surface area contributed by atoms with Gasteiger partial charge in [0.1, 0.15) is 0 Å². The van der Waals surface area contributed by atoms with E-state index in [0.717, 1.165) is 29.1 Å². The van der Waals surface area contributed by atoms with Gasteiger partial charge in [0, 0.05) is 24.3 Å². The minimum absolute atomic E-state index is 0.220. The first-order valence-corrected chi connectivity index (χ1v) is 8.49. The zero-order valence-electron chi connectivity index (χ0n) is 14.4. The second-order valence-electron chi connectivity index (χ2n) is 6.19. The fourth-order valence-corrected chi connectivity index (χ4v) is 3.06. The highest BCUT2D eigenvalue weighted by Crippen LogP contribution is 2.28. The molecular formula is C17H21N7O. The van der Waals surface area contributed by atoms with Crippen molar-refractivity contribution in [3.63, 3.8) is 0 Å². The number of anilines is 2. The van der Waals surface area contributed by atoms with Crippen LogP contribution in [0.25, 0.3) is 22.6 Å². The molecule has 2 N–H and O–H groups in total. The van der Waals surface area contributed by atoms with Gasteiger partial charge in [-0.3, -0.25) is 0 Å². The Morgan fingerprint density at radius 1 is 1.24 bits per heavy atom. The molecule has 4 rings (SSSR count). The van der Waals surface area contributed by atoms with Gasteiger partial charge in [0.15, 0.2) is 22.8 Å². The highest BCUT2D eigenvalue weighted by atomic mass is 16.5. The topological polar surface area (TPSA) is 95.0 Å². The van der Waals surface area contributed by atoms with E-state index < -0.39 is 0 Å². The molecule has 0 radical (unpaired) electrons. The molecule has 1 aliphatic rings. The number of nitrogens with zero attached hydrogens (tertiary/aromatic N) is 6. The fraction of sp³-hybridized carbons (Fsp3) is 0.412. The Hall–Kier alpha value is -2.74. The minimum atomic E-state index is 0.220. The number of rotatable bonds is 3. The van der Waals surface area contributed by atoms with Gasteiger partial charge in [0.05, 0.1) is 19.3 Å². The molecule has 1 aliphatic heterocycles. The predicted octanol–water partition coefficient (Wildman–Crippen LogP) is 1.72. The smallest absolute Gasteiger partial charge is 0.184 e. The maximum Gasteiger partial charge on any atom is 0.184 e. The normalized spacial score (nSPS) is 18.0. The van der Waals surface area contributed by atoms with Crippen LogP contribution in [0.4, 0.5) is 11.5 Å². The molecule has 1 aromatic carbocycles. The molecule has 0 aliphatic carbocycles. The van der Waals surface area contributed by atoms with Crippen LogP contribution >= 0.6 is 0 Å². The molecule has 0 spiro atoms. The Bertz CT molecular complexity index is 890. The summed E-state index contributed by atoms with van der Waals surface area (Å²) >= 11 is 0. The Labute approximate surface area is 145 Å². The summed E-state index contributed by atoms with van der Waals surface area (Å²) in [5.41, 5.74) is 8.92. The van der Waals surface area contributed by atoms with Crippen LogP contribution < -0.4 is 10.6 Å². The quantitative estimate of drug-likeness (QED) is 0.726. The molecular weight excluding hydrogens is 318 g/mol. The van der Waals surface area contributed by atoms with Gasteiger partial charge in [-0.05, 0) is 38.1 Å². The number of fused-ring (bicyclic) bond motifs is 1. The van der Waals surface area contributed by atoms with Gasteiger partial charge in [0.2, 0.25) is 0 Å². The van der Waals surface area contributed by atoms with E-state index in [1.165, 1.54) is 0 Å². The molecule has 8 nitrogen and oxygen atoms in total. The standard InChI is InChI=1S/C17H21N7O/c1-3-24-17-14(21-22-24)16(23-8-9-25-10-11(23)2)19-15(20-17)12-4-6-13(18)7-5-12/h4-7,11H,3,8-10,18H2,1-2H3. The van der Waals surface area contributed by atoms with Crippen LogP contribution in [0.3, 0.4) is 0 Å². The molecule has 0 amide bonds. The minimum Gasteiger partial charge on any atom is -0.399 e. The third-order valence-electron chi connectivity index (χ3n) is 4.45. The molecule has 1 fully saturated rings. The molecule has 2 aromatic heterocycles. The average Bonchev–Trinajstić information content (AvgIpc) is 3.05. The number of nitrogen functional groups attached to an aromatic ring is 1. The van der Waals surface area contributed by atoms with E-state index >= 15 is 0 Å². The van der Waals surface area contributed by atoms with Gasteiger partial charge in [-0.1, -0.05) is 5.21 Å². The van der Waals surface area contributed by atoms with Crippen LogP contribution in [0.1, 0.15) is 13.8 Å². The number of morpholine rings is 1. The molecule has 0 saturated carbocycles. The third kappa shape index (κ3) is 2.78. The molecule has 8 heteroatoms. The lowest BCUT2D eigenvalue weighted by molar-refractivity contribution is 0.0987. The van der Waals surface area contributed by atoms with Crippen molar-refractivity contribution in [1.82, 2.24) is 25.0 Å². The van der Waals surface area contributed by atoms with E-state index in [1.54, 1.807) is 4.68 Å². The number of aromatic nitrogens is 5. The van der Waals surface area contributed by atoms with E-state index in [9.17, 15) is 0 Å². The number of benzene rings is 1. The van der Waals surface area contributed by atoms with Crippen molar-refractivity contribution in [1.29, 1.82) is 0 Å². The van der Waals surface area contributed by atoms with Crippen LogP contribution in [0.15, 0.2) is 24.3 Å². The molecule has 1 saturated heterocycles. The maximum atomic E-state index is 5.80. The van der Waals surface area contributed by atoms with Gasteiger partial charge < -0.3 is 15.4 Å². The van der Waals surface area contributed by atoms with Gasteiger partial charge >= 0.3 is 0 Å². The van der Waals surface area contributed by atoms with E-state index in [2.05, 4.69) is 22.1 Å². The Morgan fingerprint density at radius 3 is 2.76 bits per heavy atom. The Balaban J connectivity index is 1.90. The van der Waals surface area contributed by atoms with Crippen molar-refractivity contribution >= 4 is 22.7 Å². The van der Waals surface area contributed by atoms with E-state index in [-0.39, 0.29) is 6.04 Å². The first kappa shape index (κ1) is 15.8. The number of hydrogen-bond acceptors (Lipinski definition) is 7. The number of nitrogens with two attached hydrogens (primary N) is 1. The summed E-state index contributed by atoms with van der Waals surface area (Å²) in [7, 11) is 0. The van der Waals surface area contributed by atoms with Crippen molar-refractivity contribution in [2.45, 2.75) is 26.4 Å². The fourth-order valence-electron chi connectivity index (χ4n) is 3.06. The molecule has 1 atom stereocenters. The summed E-state index contributed by atoms with van der Waals surface area (Å²) in [6.07, 6.45) is 0. The van der Waals surface area contributed by atoms with E-state index in [1.807, 2.05) is 31.2 Å². The zero-order valence-corrected chi connectivity index (χ0v) is 14.4. The van der Waals surface area contributed by atoms with Crippen LogP contribution in [0.2, 0.25) is 0 Å². The lowest BCUT2D eigenvalue weighted by Gasteiger charge is -2.34. The number of aryl methyl sites for hydroxylation is 1. The molecule has 25 heavy (non-hydrogen) atoms. The summed E-state index contributed by atoms with van der Waals surface area (Å²) in [6, 6.07) is 7.80. The summed E-state index contributed by atoms with van der Waals surface area (Å²) in [5, 5.41) is 8.56. The Kier molecular flexibility index (Phi) is 3.96. The van der Waals surface area contributed by atoms with Crippen LogP contribution in [-0.2, 0) is 11.3 Å². The second kappa shape index (κ2) is 6.29.